The Morgan fingerprint density at radius 1 is 1.03 bits per heavy atom. The molecule has 2 heterocycles. The lowest BCUT2D eigenvalue weighted by Gasteiger charge is -2.38. The minimum Gasteiger partial charge on any atom is -0.466 e. The number of hydrogen-bond acceptors (Lipinski definition) is 5. The highest BCUT2D eigenvalue weighted by Gasteiger charge is 2.34. The topological polar surface area (TPSA) is 73.9 Å². The number of hydrogen-bond donors (Lipinski definition) is 2. The number of rotatable bonds is 5. The molecule has 2 amide bonds. The third kappa shape index (κ3) is 4.88. The first kappa shape index (κ1) is 22.9. The van der Waals surface area contributed by atoms with Gasteiger partial charge in [0.15, 0.2) is 0 Å². The number of aryl methyl sites for hydroxylation is 2. The van der Waals surface area contributed by atoms with Crippen molar-refractivity contribution in [1.29, 1.82) is 0 Å². The average molecular weight is 449 g/mol. The van der Waals surface area contributed by atoms with Gasteiger partial charge in [-0.1, -0.05) is 42.0 Å². The second-order valence-corrected chi connectivity index (χ2v) is 8.81. The van der Waals surface area contributed by atoms with Gasteiger partial charge in [0, 0.05) is 44.1 Å². The molecule has 0 saturated carbocycles. The van der Waals surface area contributed by atoms with Crippen LogP contribution in [0.3, 0.4) is 0 Å². The number of urea groups is 1. The van der Waals surface area contributed by atoms with Crippen LogP contribution >= 0.6 is 0 Å². The number of nitrogens with zero attached hydrogens (tertiary/aromatic N) is 2. The van der Waals surface area contributed by atoms with E-state index in [4.69, 9.17) is 4.74 Å². The lowest BCUT2D eigenvalue weighted by Crippen LogP contribution is -2.51. The number of carbonyl (C=O) groups is 2. The SMILES string of the molecule is COC(=O)C1=C(CN2CCN(c3cccc(C)c3C)CC2)NC(=O)NC1c1ccc(C)cc1. The van der Waals surface area contributed by atoms with Crippen LogP contribution in [0.2, 0.25) is 0 Å². The Morgan fingerprint density at radius 2 is 1.73 bits per heavy atom. The van der Waals surface area contributed by atoms with Gasteiger partial charge in [0.2, 0.25) is 0 Å². The number of methoxy groups -OCH3 is 1. The van der Waals surface area contributed by atoms with Crippen LogP contribution in [-0.2, 0) is 9.53 Å². The normalized spacial score (nSPS) is 19.2. The molecule has 174 valence electrons. The zero-order chi connectivity index (χ0) is 23.5. The van der Waals surface area contributed by atoms with E-state index < -0.39 is 12.0 Å². The molecule has 0 radical (unpaired) electrons. The summed E-state index contributed by atoms with van der Waals surface area (Å²) in [5.74, 6) is -0.433. The van der Waals surface area contributed by atoms with E-state index >= 15 is 0 Å². The molecule has 2 aliphatic heterocycles. The molecule has 1 saturated heterocycles. The van der Waals surface area contributed by atoms with Gasteiger partial charge in [-0.25, -0.2) is 9.59 Å². The number of amides is 2. The average Bonchev–Trinajstić information content (AvgIpc) is 2.81. The van der Waals surface area contributed by atoms with E-state index in [1.54, 1.807) is 0 Å². The van der Waals surface area contributed by atoms with Crippen molar-refractivity contribution in [2.45, 2.75) is 26.8 Å². The molecule has 1 unspecified atom stereocenters. The molecule has 2 aromatic rings. The summed E-state index contributed by atoms with van der Waals surface area (Å²) < 4.78 is 5.10. The van der Waals surface area contributed by atoms with Crippen molar-refractivity contribution in [1.82, 2.24) is 15.5 Å². The van der Waals surface area contributed by atoms with Crippen LogP contribution in [-0.4, -0.2) is 56.7 Å². The van der Waals surface area contributed by atoms with Crippen molar-refractivity contribution < 1.29 is 14.3 Å². The molecule has 7 heteroatoms. The maximum absolute atomic E-state index is 12.8. The monoisotopic (exact) mass is 448 g/mol. The Hall–Kier alpha value is -3.32. The van der Waals surface area contributed by atoms with Gasteiger partial charge >= 0.3 is 12.0 Å². The minimum atomic E-state index is -0.543. The molecule has 2 aliphatic rings. The van der Waals surface area contributed by atoms with Crippen LogP contribution < -0.4 is 15.5 Å². The number of esters is 1. The summed E-state index contributed by atoms with van der Waals surface area (Å²) in [5, 5.41) is 5.76. The van der Waals surface area contributed by atoms with Crippen molar-refractivity contribution in [3.05, 3.63) is 76.0 Å². The predicted molar refractivity (Wildman–Crippen MR) is 129 cm³/mol. The fourth-order valence-corrected chi connectivity index (χ4v) is 4.55. The molecule has 1 atom stereocenters. The lowest BCUT2D eigenvalue weighted by molar-refractivity contribution is -0.136. The highest BCUT2D eigenvalue weighted by molar-refractivity contribution is 5.95. The van der Waals surface area contributed by atoms with Gasteiger partial charge in [0.25, 0.3) is 0 Å². The summed E-state index contributed by atoms with van der Waals surface area (Å²) in [6, 6.07) is 13.4. The van der Waals surface area contributed by atoms with Crippen molar-refractivity contribution in [2.75, 3.05) is 44.7 Å². The van der Waals surface area contributed by atoms with Gasteiger partial charge in [-0.3, -0.25) is 4.90 Å². The van der Waals surface area contributed by atoms with Crippen molar-refractivity contribution in [2.24, 2.45) is 0 Å². The van der Waals surface area contributed by atoms with Gasteiger partial charge in [-0.2, -0.15) is 0 Å². The first-order chi connectivity index (χ1) is 15.9. The Morgan fingerprint density at radius 3 is 2.39 bits per heavy atom. The summed E-state index contributed by atoms with van der Waals surface area (Å²) in [6.45, 7) is 10.2. The van der Waals surface area contributed by atoms with Crippen LogP contribution in [0.5, 0.6) is 0 Å². The van der Waals surface area contributed by atoms with E-state index in [0.717, 1.165) is 37.3 Å². The smallest absolute Gasteiger partial charge is 0.338 e. The number of benzene rings is 2. The van der Waals surface area contributed by atoms with Crippen molar-refractivity contribution in [3.63, 3.8) is 0 Å². The Labute approximate surface area is 195 Å². The molecule has 2 aromatic carbocycles. The molecule has 4 rings (SSSR count). The minimum absolute atomic E-state index is 0.308. The highest BCUT2D eigenvalue weighted by Crippen LogP contribution is 2.29. The quantitative estimate of drug-likeness (QED) is 0.687. The fraction of sp³-hybridized carbons (Fsp3) is 0.385. The molecule has 0 aliphatic carbocycles. The molecule has 0 aromatic heterocycles. The van der Waals surface area contributed by atoms with Gasteiger partial charge < -0.3 is 20.3 Å². The molecule has 1 fully saturated rings. The zero-order valence-electron chi connectivity index (χ0n) is 19.8. The van der Waals surface area contributed by atoms with Crippen LogP contribution in [0.15, 0.2) is 53.7 Å². The number of carbonyl (C=O) groups excluding carboxylic acids is 2. The molecule has 2 N–H and O–H groups in total. The van der Waals surface area contributed by atoms with Crippen LogP contribution in [0.25, 0.3) is 0 Å². The second-order valence-electron chi connectivity index (χ2n) is 8.81. The van der Waals surface area contributed by atoms with Gasteiger partial charge in [-0.15, -0.1) is 0 Å². The predicted octanol–water partition coefficient (Wildman–Crippen LogP) is 3.22. The summed E-state index contributed by atoms with van der Waals surface area (Å²) in [5.41, 5.74) is 6.92. The molecule has 0 bridgehead atoms. The van der Waals surface area contributed by atoms with E-state index in [-0.39, 0.29) is 6.03 Å². The number of piperazine rings is 1. The first-order valence-corrected chi connectivity index (χ1v) is 11.4. The fourth-order valence-electron chi connectivity index (χ4n) is 4.55. The molecule has 33 heavy (non-hydrogen) atoms. The van der Waals surface area contributed by atoms with E-state index in [1.165, 1.54) is 23.9 Å². The number of anilines is 1. The molecule has 0 spiro atoms. The van der Waals surface area contributed by atoms with Gasteiger partial charge in [0.1, 0.15) is 0 Å². The van der Waals surface area contributed by atoms with E-state index in [2.05, 4.69) is 52.5 Å². The third-order valence-electron chi connectivity index (χ3n) is 6.64. The van der Waals surface area contributed by atoms with Gasteiger partial charge in [0.05, 0.1) is 18.7 Å². The Kier molecular flexibility index (Phi) is 6.70. The number of nitrogens with one attached hydrogen (secondary N) is 2. The highest BCUT2D eigenvalue weighted by atomic mass is 16.5. The standard InChI is InChI=1S/C26H32N4O3/c1-17-8-10-20(11-9-17)24-23(25(31)33-4)21(27-26(32)28-24)16-29-12-14-30(15-13-29)22-7-5-6-18(2)19(22)3/h5-11,24H,12-16H2,1-4H3,(H2,27,28,32). The summed E-state index contributed by atoms with van der Waals surface area (Å²) in [7, 11) is 1.37. The lowest BCUT2D eigenvalue weighted by atomic mass is 9.94. The molecular formula is C26H32N4O3. The van der Waals surface area contributed by atoms with Gasteiger partial charge in [-0.05, 0) is 43.5 Å². The Balaban J connectivity index is 1.54. The zero-order valence-corrected chi connectivity index (χ0v) is 19.8. The molecule has 7 nitrogen and oxygen atoms in total. The first-order valence-electron chi connectivity index (χ1n) is 11.4. The van der Waals surface area contributed by atoms with Crippen molar-refractivity contribution in [3.8, 4) is 0 Å². The van der Waals surface area contributed by atoms with Crippen LogP contribution in [0.1, 0.15) is 28.3 Å². The van der Waals surface area contributed by atoms with E-state index in [0.29, 0.717) is 17.8 Å². The summed E-state index contributed by atoms with van der Waals surface area (Å²) in [6.07, 6.45) is 0. The maximum atomic E-state index is 12.8. The second kappa shape index (κ2) is 9.67. The summed E-state index contributed by atoms with van der Waals surface area (Å²) >= 11 is 0. The van der Waals surface area contributed by atoms with E-state index in [1.807, 2.05) is 31.2 Å². The number of ether oxygens (including phenoxy) is 1. The third-order valence-corrected chi connectivity index (χ3v) is 6.64. The summed E-state index contributed by atoms with van der Waals surface area (Å²) in [4.78, 5) is 30.0. The molecular weight excluding hydrogens is 416 g/mol. The van der Waals surface area contributed by atoms with E-state index in [9.17, 15) is 9.59 Å². The Bertz CT molecular complexity index is 1070. The van der Waals surface area contributed by atoms with Crippen LogP contribution in [0, 0.1) is 20.8 Å². The largest absolute Gasteiger partial charge is 0.466 e. The van der Waals surface area contributed by atoms with Crippen LogP contribution in [0.4, 0.5) is 10.5 Å². The maximum Gasteiger partial charge on any atom is 0.338 e. The van der Waals surface area contributed by atoms with Crippen molar-refractivity contribution >= 4 is 17.7 Å².